The Hall–Kier alpha value is -2.37. The summed E-state index contributed by atoms with van der Waals surface area (Å²) in [6, 6.07) is 7.78. The van der Waals surface area contributed by atoms with Gasteiger partial charge in [0.15, 0.2) is 0 Å². The fraction of sp³-hybridized carbons (Fsp3) is 0.545. The standard InChI is InChI=1S/C22H28N4O3S/c1-14(22-9-15-6-16(10-22)8-17(7-15)11-22)26-21(27)18(12-23)13-25-19-2-4-20(5-3-19)30(24,28)29/h2-5,13-17,25H,6-11H2,1H3,(H,26,27)(H2,24,28,29)/b18-13-. The van der Waals surface area contributed by atoms with E-state index in [0.29, 0.717) is 5.69 Å². The molecule has 0 spiro atoms. The van der Waals surface area contributed by atoms with E-state index in [-0.39, 0.29) is 27.8 Å². The molecule has 0 radical (unpaired) electrons. The van der Waals surface area contributed by atoms with Crippen LogP contribution in [0.3, 0.4) is 0 Å². The zero-order valence-electron chi connectivity index (χ0n) is 17.1. The minimum Gasteiger partial charge on any atom is -0.360 e. The van der Waals surface area contributed by atoms with Gasteiger partial charge in [0.1, 0.15) is 11.6 Å². The number of nitrogens with zero attached hydrogens (tertiary/aromatic N) is 1. The molecular formula is C22H28N4O3S. The normalized spacial score (nSPS) is 31.1. The van der Waals surface area contributed by atoms with Crippen molar-refractivity contribution in [1.29, 1.82) is 5.26 Å². The number of carbonyl (C=O) groups excluding carboxylic acids is 1. The lowest BCUT2D eigenvalue weighted by Gasteiger charge is -2.59. The summed E-state index contributed by atoms with van der Waals surface area (Å²) in [5, 5.41) is 20.5. The van der Waals surface area contributed by atoms with Crippen LogP contribution in [0.5, 0.6) is 0 Å². The van der Waals surface area contributed by atoms with Gasteiger partial charge in [-0.2, -0.15) is 5.26 Å². The first-order valence-corrected chi connectivity index (χ1v) is 12.0. The molecule has 1 unspecified atom stereocenters. The number of carbonyl (C=O) groups is 1. The number of hydrogen-bond donors (Lipinski definition) is 3. The van der Waals surface area contributed by atoms with Crippen LogP contribution in [0.1, 0.15) is 45.4 Å². The predicted octanol–water partition coefficient (Wildman–Crippen LogP) is 2.87. The quantitative estimate of drug-likeness (QED) is 0.474. The van der Waals surface area contributed by atoms with Gasteiger partial charge in [0.25, 0.3) is 5.91 Å². The summed E-state index contributed by atoms with van der Waals surface area (Å²) in [5.41, 5.74) is 0.710. The lowest BCUT2D eigenvalue weighted by molar-refractivity contribution is -0.122. The van der Waals surface area contributed by atoms with Crippen LogP contribution < -0.4 is 15.8 Å². The molecule has 0 aliphatic heterocycles. The van der Waals surface area contributed by atoms with Crippen LogP contribution in [0.25, 0.3) is 0 Å². The molecule has 8 heteroatoms. The first-order chi connectivity index (χ1) is 14.2. The number of amides is 1. The van der Waals surface area contributed by atoms with Crippen LogP contribution in [0.4, 0.5) is 5.69 Å². The van der Waals surface area contributed by atoms with E-state index in [9.17, 15) is 18.5 Å². The predicted molar refractivity (Wildman–Crippen MR) is 113 cm³/mol. The van der Waals surface area contributed by atoms with Crippen LogP contribution in [-0.4, -0.2) is 20.4 Å². The number of sulfonamides is 1. The first kappa shape index (κ1) is 20.9. The Balaban J connectivity index is 1.41. The maximum atomic E-state index is 12.7. The van der Waals surface area contributed by atoms with Gasteiger partial charge in [-0.05, 0) is 92.9 Å². The molecule has 1 aromatic carbocycles. The van der Waals surface area contributed by atoms with Gasteiger partial charge in [-0.3, -0.25) is 4.79 Å². The van der Waals surface area contributed by atoms with Gasteiger partial charge < -0.3 is 10.6 Å². The van der Waals surface area contributed by atoms with Gasteiger partial charge >= 0.3 is 0 Å². The van der Waals surface area contributed by atoms with E-state index in [1.54, 1.807) is 0 Å². The van der Waals surface area contributed by atoms with Crippen molar-refractivity contribution < 1.29 is 13.2 Å². The summed E-state index contributed by atoms with van der Waals surface area (Å²) in [6.45, 7) is 2.08. The molecule has 4 aliphatic rings. The molecule has 0 heterocycles. The summed E-state index contributed by atoms with van der Waals surface area (Å²) in [6.07, 6.45) is 8.93. The summed E-state index contributed by atoms with van der Waals surface area (Å²) in [5.74, 6) is 2.00. The Labute approximate surface area is 177 Å². The van der Waals surface area contributed by atoms with Gasteiger partial charge in [-0.1, -0.05) is 0 Å². The van der Waals surface area contributed by atoms with E-state index in [0.717, 1.165) is 17.8 Å². The number of hydrogen-bond acceptors (Lipinski definition) is 5. The smallest absolute Gasteiger partial charge is 0.263 e. The highest BCUT2D eigenvalue weighted by Gasteiger charge is 2.53. The van der Waals surface area contributed by atoms with Crippen LogP contribution in [0.2, 0.25) is 0 Å². The highest BCUT2D eigenvalue weighted by molar-refractivity contribution is 7.89. The summed E-state index contributed by atoms with van der Waals surface area (Å²) < 4.78 is 22.7. The molecule has 1 aromatic rings. The van der Waals surface area contributed by atoms with Crippen LogP contribution in [0.15, 0.2) is 40.9 Å². The fourth-order valence-corrected chi connectivity index (χ4v) is 6.70. The summed E-state index contributed by atoms with van der Waals surface area (Å²) in [4.78, 5) is 12.7. The third kappa shape index (κ3) is 4.09. The monoisotopic (exact) mass is 428 g/mol. The third-order valence-corrected chi connectivity index (χ3v) is 8.21. The van der Waals surface area contributed by atoms with Crippen molar-refractivity contribution in [2.75, 3.05) is 5.32 Å². The molecule has 7 nitrogen and oxygen atoms in total. The van der Waals surface area contributed by atoms with Crippen molar-refractivity contribution in [3.05, 3.63) is 36.0 Å². The largest absolute Gasteiger partial charge is 0.360 e. The van der Waals surface area contributed by atoms with Gasteiger partial charge in [0.2, 0.25) is 10.0 Å². The van der Waals surface area contributed by atoms with E-state index in [1.807, 2.05) is 6.07 Å². The zero-order valence-corrected chi connectivity index (χ0v) is 17.9. The van der Waals surface area contributed by atoms with Crippen molar-refractivity contribution in [2.45, 2.75) is 56.4 Å². The molecule has 30 heavy (non-hydrogen) atoms. The average molecular weight is 429 g/mol. The van der Waals surface area contributed by atoms with Crippen molar-refractivity contribution in [3.8, 4) is 6.07 Å². The minimum absolute atomic E-state index is 0.000299. The van der Waals surface area contributed by atoms with E-state index < -0.39 is 10.0 Å². The van der Waals surface area contributed by atoms with E-state index >= 15 is 0 Å². The van der Waals surface area contributed by atoms with Gasteiger partial charge in [-0.15, -0.1) is 0 Å². The maximum absolute atomic E-state index is 12.7. The lowest BCUT2D eigenvalue weighted by atomic mass is 9.48. The molecule has 4 N–H and O–H groups in total. The molecular weight excluding hydrogens is 400 g/mol. The number of rotatable bonds is 6. The first-order valence-electron chi connectivity index (χ1n) is 10.5. The Kier molecular flexibility index (Phi) is 5.37. The number of nitrogens with one attached hydrogen (secondary N) is 2. The fourth-order valence-electron chi connectivity index (χ4n) is 6.18. The zero-order chi connectivity index (χ0) is 21.5. The molecule has 4 saturated carbocycles. The highest BCUT2D eigenvalue weighted by atomic mass is 32.2. The third-order valence-electron chi connectivity index (χ3n) is 7.28. The van der Waals surface area contributed by atoms with Gasteiger partial charge in [0, 0.05) is 17.9 Å². The Bertz CT molecular complexity index is 973. The molecule has 5 rings (SSSR count). The van der Waals surface area contributed by atoms with Crippen molar-refractivity contribution in [3.63, 3.8) is 0 Å². The van der Waals surface area contributed by atoms with Crippen molar-refractivity contribution >= 4 is 21.6 Å². The molecule has 1 amide bonds. The molecule has 4 aliphatic carbocycles. The number of nitriles is 1. The second kappa shape index (κ2) is 7.71. The van der Waals surface area contributed by atoms with Crippen LogP contribution in [0, 0.1) is 34.5 Å². The lowest BCUT2D eigenvalue weighted by Crippen LogP contribution is -2.56. The van der Waals surface area contributed by atoms with E-state index in [1.165, 1.54) is 69.0 Å². The number of anilines is 1. The summed E-state index contributed by atoms with van der Waals surface area (Å²) >= 11 is 0. The Morgan fingerprint density at radius 1 is 1.17 bits per heavy atom. The second-order valence-corrected chi connectivity index (χ2v) is 10.9. The van der Waals surface area contributed by atoms with E-state index in [2.05, 4.69) is 17.6 Å². The van der Waals surface area contributed by atoms with Crippen LogP contribution >= 0.6 is 0 Å². The molecule has 1 atom stereocenters. The second-order valence-electron chi connectivity index (χ2n) is 9.36. The Morgan fingerprint density at radius 2 is 1.70 bits per heavy atom. The van der Waals surface area contributed by atoms with Crippen molar-refractivity contribution in [1.82, 2.24) is 5.32 Å². The topological polar surface area (TPSA) is 125 Å². The SMILES string of the molecule is CC(NC(=O)/C(C#N)=C\Nc1ccc(S(N)(=O)=O)cc1)C12CC3CC(CC(C3)C1)C2. The number of benzene rings is 1. The summed E-state index contributed by atoms with van der Waals surface area (Å²) in [7, 11) is -3.76. The molecule has 160 valence electrons. The van der Waals surface area contributed by atoms with Crippen LogP contribution in [-0.2, 0) is 14.8 Å². The molecule has 4 bridgehead atoms. The molecule has 0 aromatic heterocycles. The van der Waals surface area contributed by atoms with Gasteiger partial charge in [-0.25, -0.2) is 13.6 Å². The van der Waals surface area contributed by atoms with Crippen molar-refractivity contribution in [2.24, 2.45) is 28.3 Å². The minimum atomic E-state index is -3.76. The average Bonchev–Trinajstić information content (AvgIpc) is 2.67. The maximum Gasteiger partial charge on any atom is 0.263 e. The highest BCUT2D eigenvalue weighted by Crippen LogP contribution is 2.61. The van der Waals surface area contributed by atoms with E-state index in [4.69, 9.17) is 5.14 Å². The number of nitrogens with two attached hydrogens (primary N) is 1. The van der Waals surface area contributed by atoms with Gasteiger partial charge in [0.05, 0.1) is 4.90 Å². The Morgan fingerprint density at radius 3 is 2.17 bits per heavy atom. The molecule has 0 saturated heterocycles. The number of primary sulfonamides is 1. The molecule has 4 fully saturated rings.